The number of hydrogen-bond donors (Lipinski definition) is 1. The molecule has 0 aliphatic rings. The Morgan fingerprint density at radius 3 is 2.47 bits per heavy atom. The van der Waals surface area contributed by atoms with Crippen molar-refractivity contribution >= 4 is 28.7 Å². The molecule has 150 valence electrons. The molecule has 0 unspecified atom stereocenters. The summed E-state index contributed by atoms with van der Waals surface area (Å²) in [6.45, 7) is 0.557. The predicted molar refractivity (Wildman–Crippen MR) is 119 cm³/mol. The summed E-state index contributed by atoms with van der Waals surface area (Å²) >= 11 is 1.23. The predicted octanol–water partition coefficient (Wildman–Crippen LogP) is 3.23. The number of carbonyl (C=O) groups excluding carboxylic acids is 1. The number of pyridine rings is 1. The van der Waals surface area contributed by atoms with Crippen molar-refractivity contribution in [3.05, 3.63) is 94.9 Å². The lowest BCUT2D eigenvalue weighted by Crippen LogP contribution is -2.28. The van der Waals surface area contributed by atoms with Gasteiger partial charge in [0.25, 0.3) is 5.56 Å². The molecule has 0 bridgehead atoms. The van der Waals surface area contributed by atoms with Gasteiger partial charge in [0.1, 0.15) is 0 Å². The molecule has 0 spiro atoms. The minimum atomic E-state index is -0.203. The van der Waals surface area contributed by atoms with Crippen LogP contribution in [0.1, 0.15) is 5.56 Å². The molecule has 0 aliphatic heterocycles. The maximum Gasteiger partial charge on any atom is 0.268 e. The van der Waals surface area contributed by atoms with Crippen LogP contribution in [-0.4, -0.2) is 32.7 Å². The van der Waals surface area contributed by atoms with Gasteiger partial charge >= 0.3 is 0 Å². The number of aromatic nitrogens is 3. The normalized spacial score (nSPS) is 10.8. The minimum absolute atomic E-state index is 0.106. The molecule has 4 aromatic rings. The Bertz CT molecular complexity index is 1210. The van der Waals surface area contributed by atoms with Crippen LogP contribution in [0, 0.1) is 0 Å². The second-order valence-electron chi connectivity index (χ2n) is 6.62. The molecule has 0 saturated carbocycles. The summed E-state index contributed by atoms with van der Waals surface area (Å²) in [5.74, 6) is 0.0535. The largest absolute Gasteiger partial charge is 0.355 e. The number of thioether (sulfide) groups is 1. The van der Waals surface area contributed by atoms with E-state index in [0.717, 1.165) is 6.42 Å². The summed E-state index contributed by atoms with van der Waals surface area (Å²) in [5.41, 5.74) is 2.05. The summed E-state index contributed by atoms with van der Waals surface area (Å²) < 4.78 is 1.53. The highest BCUT2D eigenvalue weighted by atomic mass is 32.2. The van der Waals surface area contributed by atoms with Crippen LogP contribution >= 0.6 is 11.8 Å². The third kappa shape index (κ3) is 4.58. The SMILES string of the molecule is O=C(CSc1nc2ncccc2c(=O)n1-c1ccccc1)NCCc1ccccc1. The Morgan fingerprint density at radius 2 is 1.70 bits per heavy atom. The van der Waals surface area contributed by atoms with Gasteiger partial charge < -0.3 is 5.32 Å². The number of nitrogens with zero attached hydrogens (tertiary/aromatic N) is 3. The zero-order chi connectivity index (χ0) is 20.8. The average Bonchev–Trinajstić information content (AvgIpc) is 2.79. The van der Waals surface area contributed by atoms with E-state index in [1.165, 1.54) is 21.9 Å². The van der Waals surface area contributed by atoms with Gasteiger partial charge in [-0.2, -0.15) is 0 Å². The number of hydrogen-bond acceptors (Lipinski definition) is 5. The molecule has 0 atom stereocenters. The van der Waals surface area contributed by atoms with E-state index >= 15 is 0 Å². The van der Waals surface area contributed by atoms with E-state index in [0.29, 0.717) is 28.4 Å². The first-order valence-electron chi connectivity index (χ1n) is 9.59. The Balaban J connectivity index is 1.52. The van der Waals surface area contributed by atoms with Gasteiger partial charge in [-0.1, -0.05) is 60.3 Å². The zero-order valence-corrected chi connectivity index (χ0v) is 17.0. The van der Waals surface area contributed by atoms with Crippen LogP contribution in [0.3, 0.4) is 0 Å². The molecular formula is C23H20N4O2S. The van der Waals surface area contributed by atoms with Gasteiger partial charge in [-0.15, -0.1) is 0 Å². The molecule has 6 nitrogen and oxygen atoms in total. The number of nitrogens with one attached hydrogen (secondary N) is 1. The molecule has 0 aliphatic carbocycles. The fourth-order valence-electron chi connectivity index (χ4n) is 3.07. The van der Waals surface area contributed by atoms with Crippen molar-refractivity contribution in [1.82, 2.24) is 19.9 Å². The fourth-order valence-corrected chi connectivity index (χ4v) is 3.91. The summed E-state index contributed by atoms with van der Waals surface area (Å²) in [4.78, 5) is 34.2. The Kier molecular flexibility index (Phi) is 6.20. The van der Waals surface area contributed by atoms with Gasteiger partial charge in [-0.05, 0) is 36.2 Å². The lowest BCUT2D eigenvalue weighted by molar-refractivity contribution is -0.118. The van der Waals surface area contributed by atoms with Crippen LogP contribution in [0.2, 0.25) is 0 Å². The molecule has 0 saturated heterocycles. The van der Waals surface area contributed by atoms with Gasteiger partial charge in [-0.3, -0.25) is 14.2 Å². The first-order valence-corrected chi connectivity index (χ1v) is 10.6. The van der Waals surface area contributed by atoms with E-state index in [4.69, 9.17) is 0 Å². The number of carbonyl (C=O) groups is 1. The highest BCUT2D eigenvalue weighted by Gasteiger charge is 2.15. The van der Waals surface area contributed by atoms with Crippen molar-refractivity contribution in [2.24, 2.45) is 0 Å². The van der Waals surface area contributed by atoms with Crippen molar-refractivity contribution < 1.29 is 4.79 Å². The van der Waals surface area contributed by atoms with Crippen molar-refractivity contribution in [2.45, 2.75) is 11.6 Å². The van der Waals surface area contributed by atoms with Crippen molar-refractivity contribution in [3.63, 3.8) is 0 Å². The highest BCUT2D eigenvalue weighted by molar-refractivity contribution is 7.99. The maximum atomic E-state index is 13.1. The number of rotatable bonds is 7. The molecule has 7 heteroatoms. The summed E-state index contributed by atoms with van der Waals surface area (Å²) in [6, 6.07) is 22.7. The van der Waals surface area contributed by atoms with Crippen molar-refractivity contribution in [1.29, 1.82) is 0 Å². The van der Waals surface area contributed by atoms with Gasteiger partial charge in [0.05, 0.1) is 16.8 Å². The van der Waals surface area contributed by atoms with E-state index < -0.39 is 0 Å². The van der Waals surface area contributed by atoms with Gasteiger partial charge in [0.15, 0.2) is 10.8 Å². The lowest BCUT2D eigenvalue weighted by Gasteiger charge is -2.12. The molecule has 4 rings (SSSR count). The Hall–Kier alpha value is -3.45. The summed E-state index contributed by atoms with van der Waals surface area (Å²) in [7, 11) is 0. The van der Waals surface area contributed by atoms with E-state index in [9.17, 15) is 9.59 Å². The van der Waals surface area contributed by atoms with Crippen LogP contribution in [0.4, 0.5) is 0 Å². The highest BCUT2D eigenvalue weighted by Crippen LogP contribution is 2.20. The second kappa shape index (κ2) is 9.37. The fraction of sp³-hybridized carbons (Fsp3) is 0.130. The second-order valence-corrected chi connectivity index (χ2v) is 7.56. The molecule has 2 aromatic heterocycles. The number of amides is 1. The van der Waals surface area contributed by atoms with Gasteiger partial charge in [-0.25, -0.2) is 9.97 Å². The topological polar surface area (TPSA) is 76.9 Å². The molecule has 2 heterocycles. The molecule has 0 fully saturated rings. The summed E-state index contributed by atoms with van der Waals surface area (Å²) in [5, 5.41) is 3.80. The third-order valence-corrected chi connectivity index (χ3v) is 5.48. The molecule has 30 heavy (non-hydrogen) atoms. The average molecular weight is 417 g/mol. The van der Waals surface area contributed by atoms with E-state index in [2.05, 4.69) is 15.3 Å². The van der Waals surface area contributed by atoms with Crippen LogP contribution in [-0.2, 0) is 11.2 Å². The summed E-state index contributed by atoms with van der Waals surface area (Å²) in [6.07, 6.45) is 2.37. The van der Waals surface area contributed by atoms with Crippen molar-refractivity contribution in [3.8, 4) is 5.69 Å². The molecule has 0 radical (unpaired) electrons. The van der Waals surface area contributed by atoms with Crippen molar-refractivity contribution in [2.75, 3.05) is 12.3 Å². The van der Waals surface area contributed by atoms with Crippen LogP contribution in [0.5, 0.6) is 0 Å². The molecule has 2 aromatic carbocycles. The quantitative estimate of drug-likeness (QED) is 0.370. The van der Waals surface area contributed by atoms with E-state index in [1.807, 2.05) is 60.7 Å². The first-order chi connectivity index (χ1) is 14.7. The minimum Gasteiger partial charge on any atom is -0.355 e. The number of benzene rings is 2. The number of fused-ring (bicyclic) bond motifs is 1. The Morgan fingerprint density at radius 1 is 0.967 bits per heavy atom. The van der Waals surface area contributed by atoms with E-state index in [-0.39, 0.29) is 17.2 Å². The Labute approximate surface area is 178 Å². The standard InChI is InChI=1S/C23H20N4O2S/c28-20(24-15-13-17-8-3-1-4-9-17)16-30-23-26-21-19(12-7-14-25-21)22(29)27(23)18-10-5-2-6-11-18/h1-12,14H,13,15-16H2,(H,24,28). The van der Waals surface area contributed by atoms with Gasteiger partial charge in [0, 0.05) is 12.7 Å². The maximum absolute atomic E-state index is 13.1. The van der Waals surface area contributed by atoms with Gasteiger partial charge in [0.2, 0.25) is 5.91 Å². The zero-order valence-electron chi connectivity index (χ0n) is 16.2. The molecule has 1 N–H and O–H groups in total. The first kappa shape index (κ1) is 19.8. The monoisotopic (exact) mass is 416 g/mol. The smallest absolute Gasteiger partial charge is 0.268 e. The van der Waals surface area contributed by atoms with Crippen LogP contribution < -0.4 is 10.9 Å². The lowest BCUT2D eigenvalue weighted by atomic mass is 10.1. The van der Waals surface area contributed by atoms with Crippen LogP contribution in [0.25, 0.3) is 16.7 Å². The number of para-hydroxylation sites is 1. The third-order valence-electron chi connectivity index (χ3n) is 4.54. The van der Waals surface area contributed by atoms with Crippen LogP contribution in [0.15, 0.2) is 88.9 Å². The molecule has 1 amide bonds. The molecular weight excluding hydrogens is 396 g/mol. The van der Waals surface area contributed by atoms with E-state index in [1.54, 1.807) is 18.3 Å².